The summed E-state index contributed by atoms with van der Waals surface area (Å²) in [6.07, 6.45) is 4.82. The number of nitrogens with zero attached hydrogens (tertiary/aromatic N) is 2. The Hall–Kier alpha value is -1.42. The van der Waals surface area contributed by atoms with E-state index >= 15 is 0 Å². The molecule has 1 atom stereocenters. The van der Waals surface area contributed by atoms with Gasteiger partial charge in [-0.15, -0.1) is 0 Å². The van der Waals surface area contributed by atoms with E-state index in [9.17, 15) is 4.79 Å². The van der Waals surface area contributed by atoms with Gasteiger partial charge in [0, 0.05) is 12.4 Å². The highest BCUT2D eigenvalue weighted by Crippen LogP contribution is 2.07. The van der Waals surface area contributed by atoms with Crippen molar-refractivity contribution in [2.75, 3.05) is 14.1 Å². The first kappa shape index (κ1) is 11.7. The van der Waals surface area contributed by atoms with Crippen LogP contribution in [0.4, 0.5) is 0 Å². The molecule has 0 saturated heterocycles. The third kappa shape index (κ3) is 3.67. The molecule has 0 aromatic carbocycles. The Morgan fingerprint density at radius 3 is 2.53 bits per heavy atom. The number of pyridine rings is 1. The van der Waals surface area contributed by atoms with Crippen LogP contribution in [0.1, 0.15) is 12.0 Å². The lowest BCUT2D eigenvalue weighted by Gasteiger charge is -2.19. The fourth-order valence-corrected chi connectivity index (χ4v) is 1.46. The van der Waals surface area contributed by atoms with Gasteiger partial charge in [-0.1, -0.05) is 0 Å². The molecule has 1 unspecified atom stereocenters. The number of likely N-dealkylation sites (N-methyl/N-ethyl adjacent to an activating group) is 1. The minimum Gasteiger partial charge on any atom is -0.480 e. The minimum atomic E-state index is -0.769. The first-order valence-electron chi connectivity index (χ1n) is 4.89. The van der Waals surface area contributed by atoms with Gasteiger partial charge in [-0.2, -0.15) is 0 Å². The number of hydrogen-bond donors (Lipinski definition) is 1. The van der Waals surface area contributed by atoms with Gasteiger partial charge in [-0.25, -0.2) is 0 Å². The number of carboxylic acids is 1. The largest absolute Gasteiger partial charge is 0.480 e. The lowest BCUT2D eigenvalue weighted by Crippen LogP contribution is -2.35. The molecule has 1 aromatic heterocycles. The molecule has 0 saturated carbocycles. The zero-order valence-corrected chi connectivity index (χ0v) is 9.05. The van der Waals surface area contributed by atoms with Gasteiger partial charge < -0.3 is 5.11 Å². The Morgan fingerprint density at radius 1 is 1.47 bits per heavy atom. The Labute approximate surface area is 89.6 Å². The van der Waals surface area contributed by atoms with Crippen LogP contribution in [0.5, 0.6) is 0 Å². The van der Waals surface area contributed by atoms with E-state index in [0.29, 0.717) is 6.42 Å². The zero-order valence-electron chi connectivity index (χ0n) is 9.05. The van der Waals surface area contributed by atoms with Gasteiger partial charge >= 0.3 is 5.97 Å². The van der Waals surface area contributed by atoms with E-state index in [1.807, 2.05) is 12.1 Å². The summed E-state index contributed by atoms with van der Waals surface area (Å²) in [4.78, 5) is 16.5. The lowest BCUT2D eigenvalue weighted by molar-refractivity contribution is -0.142. The van der Waals surface area contributed by atoms with Crippen LogP contribution < -0.4 is 0 Å². The molecular formula is C11H16N2O2. The van der Waals surface area contributed by atoms with Gasteiger partial charge in [0.25, 0.3) is 0 Å². The number of carbonyl (C=O) groups is 1. The van der Waals surface area contributed by atoms with Crippen LogP contribution >= 0.6 is 0 Å². The number of rotatable bonds is 5. The smallest absolute Gasteiger partial charge is 0.320 e. The van der Waals surface area contributed by atoms with Crippen molar-refractivity contribution in [1.82, 2.24) is 9.88 Å². The van der Waals surface area contributed by atoms with Crippen molar-refractivity contribution in [3.8, 4) is 0 Å². The fourth-order valence-electron chi connectivity index (χ4n) is 1.46. The number of aryl methyl sites for hydroxylation is 1. The number of aromatic nitrogens is 1. The lowest BCUT2D eigenvalue weighted by atomic mass is 10.1. The van der Waals surface area contributed by atoms with Gasteiger partial charge in [0.05, 0.1) is 0 Å². The molecule has 0 bridgehead atoms. The summed E-state index contributed by atoms with van der Waals surface area (Å²) in [6, 6.07) is 3.40. The third-order valence-electron chi connectivity index (χ3n) is 2.36. The minimum absolute atomic E-state index is 0.418. The van der Waals surface area contributed by atoms with E-state index in [1.165, 1.54) is 0 Å². The highest BCUT2D eigenvalue weighted by Gasteiger charge is 2.18. The summed E-state index contributed by atoms with van der Waals surface area (Å²) in [5, 5.41) is 8.97. The maximum Gasteiger partial charge on any atom is 0.320 e. The van der Waals surface area contributed by atoms with E-state index < -0.39 is 12.0 Å². The van der Waals surface area contributed by atoms with Crippen LogP contribution in [0, 0.1) is 0 Å². The second-order valence-corrected chi connectivity index (χ2v) is 3.71. The van der Waals surface area contributed by atoms with Crippen LogP contribution in [0.2, 0.25) is 0 Å². The number of carboxylic acid groups (broad SMARTS) is 1. The van der Waals surface area contributed by atoms with Crippen molar-refractivity contribution < 1.29 is 9.90 Å². The van der Waals surface area contributed by atoms with Crippen molar-refractivity contribution in [3.05, 3.63) is 30.1 Å². The highest BCUT2D eigenvalue weighted by atomic mass is 16.4. The summed E-state index contributed by atoms with van der Waals surface area (Å²) in [5.74, 6) is -0.769. The topological polar surface area (TPSA) is 53.4 Å². The van der Waals surface area contributed by atoms with E-state index in [2.05, 4.69) is 4.98 Å². The van der Waals surface area contributed by atoms with Gasteiger partial charge in [-0.05, 0) is 44.6 Å². The van der Waals surface area contributed by atoms with Crippen molar-refractivity contribution in [1.29, 1.82) is 0 Å². The maximum absolute atomic E-state index is 10.9. The molecule has 1 rings (SSSR count). The maximum atomic E-state index is 10.9. The SMILES string of the molecule is CN(C)C(CCc1ccncc1)C(=O)O. The monoisotopic (exact) mass is 208 g/mol. The molecule has 0 aliphatic carbocycles. The highest BCUT2D eigenvalue weighted by molar-refractivity contribution is 5.73. The average Bonchev–Trinajstić information content (AvgIpc) is 2.18. The summed E-state index contributed by atoms with van der Waals surface area (Å²) >= 11 is 0. The summed E-state index contributed by atoms with van der Waals surface area (Å²) in [6.45, 7) is 0. The Morgan fingerprint density at radius 2 is 2.07 bits per heavy atom. The molecule has 1 N–H and O–H groups in total. The molecule has 4 heteroatoms. The molecule has 0 radical (unpaired) electrons. The summed E-state index contributed by atoms with van der Waals surface area (Å²) < 4.78 is 0. The summed E-state index contributed by atoms with van der Waals surface area (Å²) in [5.41, 5.74) is 1.12. The predicted octanol–water partition coefficient (Wildman–Crippen LogP) is 1.03. The quantitative estimate of drug-likeness (QED) is 0.785. The second kappa shape index (κ2) is 5.46. The first-order valence-corrected chi connectivity index (χ1v) is 4.89. The molecular weight excluding hydrogens is 192 g/mol. The third-order valence-corrected chi connectivity index (χ3v) is 2.36. The number of hydrogen-bond acceptors (Lipinski definition) is 3. The van der Waals surface area contributed by atoms with Crippen molar-refractivity contribution in [2.24, 2.45) is 0 Å². The van der Waals surface area contributed by atoms with E-state index in [0.717, 1.165) is 12.0 Å². The molecule has 1 heterocycles. The second-order valence-electron chi connectivity index (χ2n) is 3.71. The van der Waals surface area contributed by atoms with E-state index in [-0.39, 0.29) is 0 Å². The molecule has 0 aliphatic heterocycles. The van der Waals surface area contributed by atoms with Gasteiger partial charge in [0.1, 0.15) is 6.04 Å². The number of aliphatic carboxylic acids is 1. The van der Waals surface area contributed by atoms with Crippen molar-refractivity contribution in [3.63, 3.8) is 0 Å². The zero-order chi connectivity index (χ0) is 11.3. The summed E-state index contributed by atoms with van der Waals surface area (Å²) in [7, 11) is 3.57. The van der Waals surface area contributed by atoms with Crippen LogP contribution in [-0.4, -0.2) is 41.1 Å². The average molecular weight is 208 g/mol. The van der Waals surface area contributed by atoms with Crippen molar-refractivity contribution in [2.45, 2.75) is 18.9 Å². The van der Waals surface area contributed by atoms with Crippen molar-refractivity contribution >= 4 is 5.97 Å². The molecule has 4 nitrogen and oxygen atoms in total. The van der Waals surface area contributed by atoms with Gasteiger partial charge in [0.2, 0.25) is 0 Å². The van der Waals surface area contributed by atoms with E-state index in [1.54, 1.807) is 31.4 Å². The normalized spacial score (nSPS) is 12.7. The fraction of sp³-hybridized carbons (Fsp3) is 0.455. The molecule has 82 valence electrons. The standard InChI is InChI=1S/C11H16N2O2/c1-13(2)10(11(14)15)4-3-9-5-7-12-8-6-9/h5-8,10H,3-4H2,1-2H3,(H,14,15). The molecule has 0 aliphatic rings. The van der Waals surface area contributed by atoms with E-state index in [4.69, 9.17) is 5.11 Å². The Kier molecular flexibility index (Phi) is 4.24. The van der Waals surface area contributed by atoms with Gasteiger partial charge in [0.15, 0.2) is 0 Å². The van der Waals surface area contributed by atoms with Crippen LogP contribution in [0.15, 0.2) is 24.5 Å². The van der Waals surface area contributed by atoms with Crippen LogP contribution in [0.25, 0.3) is 0 Å². The molecule has 0 fully saturated rings. The van der Waals surface area contributed by atoms with Crippen LogP contribution in [-0.2, 0) is 11.2 Å². The molecule has 0 spiro atoms. The Bertz CT molecular complexity index is 312. The van der Waals surface area contributed by atoms with Crippen LogP contribution in [0.3, 0.4) is 0 Å². The molecule has 15 heavy (non-hydrogen) atoms. The van der Waals surface area contributed by atoms with Gasteiger partial charge in [-0.3, -0.25) is 14.7 Å². The molecule has 1 aromatic rings. The Balaban J connectivity index is 2.51. The first-order chi connectivity index (χ1) is 7.11. The molecule has 0 amide bonds. The predicted molar refractivity (Wildman–Crippen MR) is 57.7 cm³/mol.